The van der Waals surface area contributed by atoms with Gasteiger partial charge in [0, 0.05) is 29.9 Å². The number of aliphatic hydroxyl groups excluding tert-OH is 1. The zero-order valence-electron chi connectivity index (χ0n) is 32.2. The summed E-state index contributed by atoms with van der Waals surface area (Å²) >= 11 is 1.42. The standard InChI is InChI=1S/C42H47N5O9S/c1-25-22-46(40(51)44-37(25)49)35-20-27(18-19-43-39-33(48)21-36(57-39)47-23-26(2)38(50)45-41(47)52)34(56-35)24-55-42(28-8-6-5-7-9-28,29-10-14-31(53-3)15-11-29)30-12-16-32(54-4)17-13-30/h5-17,22-23,27,33-36,39,43,48H,18-21,24H2,1-4H3,(H,44,49,51)(H,45,50,52)/t27-,33?,34+,35+,36?,39?/m0/s1. The topological polar surface area (TPSA) is 179 Å². The molecule has 57 heavy (non-hydrogen) atoms. The van der Waals surface area contributed by atoms with Gasteiger partial charge in [0.05, 0.1) is 43.8 Å². The Kier molecular flexibility index (Phi) is 12.0. The molecule has 3 aromatic carbocycles. The van der Waals surface area contributed by atoms with E-state index in [4.69, 9.17) is 18.9 Å². The van der Waals surface area contributed by atoms with Gasteiger partial charge in [0.1, 0.15) is 23.3 Å². The van der Waals surface area contributed by atoms with Gasteiger partial charge in [0.15, 0.2) is 0 Å². The van der Waals surface area contributed by atoms with Crippen LogP contribution in [0.2, 0.25) is 0 Å². The van der Waals surface area contributed by atoms with Crippen molar-refractivity contribution in [1.29, 1.82) is 0 Å². The summed E-state index contributed by atoms with van der Waals surface area (Å²) in [6.45, 7) is 3.89. The molecule has 4 heterocycles. The van der Waals surface area contributed by atoms with Crippen LogP contribution in [0.15, 0.2) is 110 Å². The van der Waals surface area contributed by atoms with Gasteiger partial charge in [-0.25, -0.2) is 9.59 Å². The molecule has 0 aliphatic carbocycles. The first-order chi connectivity index (χ1) is 27.5. The van der Waals surface area contributed by atoms with Crippen molar-refractivity contribution in [1.82, 2.24) is 24.4 Å². The Morgan fingerprint density at radius 1 is 0.789 bits per heavy atom. The maximum atomic E-state index is 13.1. The van der Waals surface area contributed by atoms with Gasteiger partial charge in [-0.15, -0.1) is 11.8 Å². The van der Waals surface area contributed by atoms with Crippen LogP contribution in [0.25, 0.3) is 0 Å². The molecule has 4 N–H and O–H groups in total. The Morgan fingerprint density at radius 2 is 1.33 bits per heavy atom. The highest BCUT2D eigenvalue weighted by molar-refractivity contribution is 8.00. The molecule has 0 spiro atoms. The minimum absolute atomic E-state index is 0.120. The lowest BCUT2D eigenvalue weighted by atomic mass is 9.80. The third-order valence-electron chi connectivity index (χ3n) is 10.9. The first kappa shape index (κ1) is 40.0. The fraction of sp³-hybridized carbons (Fsp3) is 0.381. The molecule has 3 unspecified atom stereocenters. The average molecular weight is 798 g/mol. The average Bonchev–Trinajstić information content (AvgIpc) is 3.80. The zero-order chi connectivity index (χ0) is 40.3. The van der Waals surface area contributed by atoms with E-state index in [1.54, 1.807) is 28.1 Å². The first-order valence-corrected chi connectivity index (χ1v) is 19.8. The van der Waals surface area contributed by atoms with E-state index in [-0.39, 0.29) is 23.3 Å². The molecule has 6 atom stereocenters. The lowest BCUT2D eigenvalue weighted by molar-refractivity contribution is -0.0852. The normalized spacial score (nSPS) is 22.1. The van der Waals surface area contributed by atoms with Crippen LogP contribution >= 0.6 is 11.8 Å². The van der Waals surface area contributed by atoms with E-state index in [1.807, 2.05) is 78.9 Å². The van der Waals surface area contributed by atoms with E-state index in [9.17, 15) is 24.3 Å². The van der Waals surface area contributed by atoms with Crippen LogP contribution in [0.3, 0.4) is 0 Å². The molecule has 0 radical (unpaired) electrons. The summed E-state index contributed by atoms with van der Waals surface area (Å²) < 4.78 is 27.8. The Morgan fingerprint density at radius 3 is 1.91 bits per heavy atom. The van der Waals surface area contributed by atoms with Crippen LogP contribution in [-0.2, 0) is 15.1 Å². The van der Waals surface area contributed by atoms with Crippen LogP contribution in [0.1, 0.15) is 58.7 Å². The van der Waals surface area contributed by atoms with Crippen molar-refractivity contribution in [2.24, 2.45) is 5.92 Å². The van der Waals surface area contributed by atoms with E-state index in [2.05, 4.69) is 15.3 Å². The quantitative estimate of drug-likeness (QED) is 0.120. The molecule has 7 rings (SSSR count). The van der Waals surface area contributed by atoms with Crippen molar-refractivity contribution in [3.63, 3.8) is 0 Å². The van der Waals surface area contributed by atoms with Crippen LogP contribution in [0.5, 0.6) is 11.5 Å². The SMILES string of the molecule is COc1ccc(C(OC[C@H]2O[C@@H](n3cc(C)c(=O)[nH]c3=O)C[C@@H]2CCNC2SC(n3cc(C)c(=O)[nH]c3=O)CC2O)(c2ccccc2)c2ccc(OC)cc2)cc1. The number of H-pyrrole nitrogens is 2. The predicted molar refractivity (Wildman–Crippen MR) is 216 cm³/mol. The third-order valence-corrected chi connectivity index (χ3v) is 12.4. The molecule has 0 bridgehead atoms. The van der Waals surface area contributed by atoms with Crippen molar-refractivity contribution in [3.05, 3.63) is 161 Å². The predicted octanol–water partition coefficient (Wildman–Crippen LogP) is 3.94. The monoisotopic (exact) mass is 797 g/mol. The summed E-state index contributed by atoms with van der Waals surface area (Å²) in [6, 6.07) is 25.5. The molecule has 0 amide bonds. The van der Waals surface area contributed by atoms with E-state index in [0.29, 0.717) is 48.4 Å². The number of hydrogen-bond donors (Lipinski definition) is 4. The molecule has 300 valence electrons. The van der Waals surface area contributed by atoms with Gasteiger partial charge in [0.25, 0.3) is 11.1 Å². The first-order valence-electron chi connectivity index (χ1n) is 18.9. The number of aryl methyl sites for hydroxylation is 2. The summed E-state index contributed by atoms with van der Waals surface area (Å²) in [5, 5.41) is 13.7. The van der Waals surface area contributed by atoms with Gasteiger partial charge >= 0.3 is 11.4 Å². The second-order valence-corrected chi connectivity index (χ2v) is 15.8. The number of thioether (sulfide) groups is 1. The van der Waals surface area contributed by atoms with Crippen molar-refractivity contribution in [2.75, 3.05) is 27.4 Å². The molecule has 2 aromatic heterocycles. The lowest BCUT2D eigenvalue weighted by Gasteiger charge is -2.37. The molecular weight excluding hydrogens is 751 g/mol. The number of rotatable bonds is 14. The van der Waals surface area contributed by atoms with E-state index < -0.39 is 46.5 Å². The van der Waals surface area contributed by atoms with Crippen LogP contribution < -0.4 is 37.3 Å². The molecule has 2 fully saturated rings. The van der Waals surface area contributed by atoms with Gasteiger partial charge < -0.3 is 29.4 Å². The Hall–Kier alpha value is -5.19. The number of hydrogen-bond acceptors (Lipinski definition) is 11. The number of benzene rings is 3. The fourth-order valence-electron chi connectivity index (χ4n) is 7.74. The largest absolute Gasteiger partial charge is 0.497 e. The third kappa shape index (κ3) is 8.29. The Labute approximate surface area is 332 Å². The van der Waals surface area contributed by atoms with Crippen molar-refractivity contribution in [3.8, 4) is 11.5 Å². The lowest BCUT2D eigenvalue weighted by Crippen LogP contribution is -2.38. The van der Waals surface area contributed by atoms with Gasteiger partial charge in [-0.1, -0.05) is 54.6 Å². The summed E-state index contributed by atoms with van der Waals surface area (Å²) in [5.41, 5.74) is 0.341. The van der Waals surface area contributed by atoms with E-state index in [0.717, 1.165) is 16.7 Å². The maximum absolute atomic E-state index is 13.1. The molecule has 5 aromatic rings. The highest BCUT2D eigenvalue weighted by Crippen LogP contribution is 2.44. The maximum Gasteiger partial charge on any atom is 0.330 e. The number of aromatic nitrogens is 4. The number of methoxy groups -OCH3 is 2. The summed E-state index contributed by atoms with van der Waals surface area (Å²) in [4.78, 5) is 54.7. The number of nitrogens with one attached hydrogen (secondary N) is 3. The number of ether oxygens (including phenoxy) is 4. The minimum atomic E-state index is -1.10. The van der Waals surface area contributed by atoms with Crippen molar-refractivity contribution < 1.29 is 24.1 Å². The summed E-state index contributed by atoms with van der Waals surface area (Å²) in [5.74, 6) is 1.28. The van der Waals surface area contributed by atoms with Gasteiger partial charge in [-0.3, -0.25) is 28.7 Å². The van der Waals surface area contributed by atoms with Crippen molar-refractivity contribution >= 4 is 11.8 Å². The number of aromatic amines is 2. The Bertz CT molecular complexity index is 2350. The van der Waals surface area contributed by atoms with Crippen LogP contribution in [0, 0.1) is 19.8 Å². The van der Waals surface area contributed by atoms with E-state index in [1.165, 1.54) is 33.3 Å². The summed E-state index contributed by atoms with van der Waals surface area (Å²) in [6.07, 6.45) is 2.52. The Balaban J connectivity index is 1.18. The molecule has 0 saturated carbocycles. The van der Waals surface area contributed by atoms with E-state index >= 15 is 0 Å². The molecule has 14 nitrogen and oxygen atoms in total. The molecule has 2 aliphatic heterocycles. The van der Waals surface area contributed by atoms with Gasteiger partial charge in [-0.05, 0) is 80.1 Å². The summed E-state index contributed by atoms with van der Waals surface area (Å²) in [7, 11) is 3.24. The van der Waals surface area contributed by atoms with Crippen molar-refractivity contribution in [2.45, 2.75) is 67.9 Å². The minimum Gasteiger partial charge on any atom is -0.497 e. The fourth-order valence-corrected chi connectivity index (χ4v) is 9.18. The van der Waals surface area contributed by atoms with Crippen LogP contribution in [0.4, 0.5) is 0 Å². The zero-order valence-corrected chi connectivity index (χ0v) is 33.0. The van der Waals surface area contributed by atoms with Gasteiger partial charge in [-0.2, -0.15) is 0 Å². The highest BCUT2D eigenvalue weighted by Gasteiger charge is 2.43. The highest BCUT2D eigenvalue weighted by atomic mass is 32.2. The van der Waals surface area contributed by atoms with Crippen LogP contribution in [-0.4, -0.2) is 69.2 Å². The molecule has 2 aliphatic rings. The molecule has 15 heteroatoms. The smallest absolute Gasteiger partial charge is 0.330 e. The molecule has 2 saturated heterocycles. The number of aliphatic hydroxyl groups is 1. The second-order valence-electron chi connectivity index (χ2n) is 14.5. The molecular formula is C42H47N5O9S. The van der Waals surface area contributed by atoms with Gasteiger partial charge in [0.2, 0.25) is 0 Å². The second kappa shape index (κ2) is 17.1. The number of nitrogens with zero attached hydrogens (tertiary/aromatic N) is 2.